The minimum atomic E-state index is 0.263. The van der Waals surface area contributed by atoms with E-state index in [1.807, 2.05) is 0 Å². The largest absolute Gasteiger partial charge is 0.497 e. The highest BCUT2D eigenvalue weighted by Crippen LogP contribution is 2.44. The van der Waals surface area contributed by atoms with Crippen LogP contribution in [-0.4, -0.2) is 30.2 Å². The standard InChI is InChI=1S/C17H24N2O/c1-13-7-9-15(10-8-13)16-17(20-3)14(2)19(16)18-11-5-4-6-12-18/h7-10,16H,4-6,11-12H2,1-3H3. The molecule has 1 fully saturated rings. The first-order valence-electron chi connectivity index (χ1n) is 7.58. The highest BCUT2D eigenvalue weighted by atomic mass is 16.5. The van der Waals surface area contributed by atoms with Crippen LogP contribution in [0.2, 0.25) is 0 Å². The Bertz CT molecular complexity index is 500. The fourth-order valence-corrected chi connectivity index (χ4v) is 3.32. The molecule has 1 atom stereocenters. The van der Waals surface area contributed by atoms with Gasteiger partial charge in [-0.15, -0.1) is 0 Å². The maximum Gasteiger partial charge on any atom is 0.144 e. The van der Waals surface area contributed by atoms with Gasteiger partial charge in [0.05, 0.1) is 12.8 Å². The molecular weight excluding hydrogens is 248 g/mol. The van der Waals surface area contributed by atoms with Gasteiger partial charge < -0.3 is 4.74 Å². The third kappa shape index (κ3) is 2.20. The van der Waals surface area contributed by atoms with Crippen molar-refractivity contribution < 1.29 is 4.74 Å². The van der Waals surface area contributed by atoms with Crippen molar-refractivity contribution in [1.82, 2.24) is 10.0 Å². The van der Waals surface area contributed by atoms with Crippen molar-refractivity contribution in [2.24, 2.45) is 0 Å². The number of hydrogen-bond donors (Lipinski definition) is 0. The Balaban J connectivity index is 1.88. The molecule has 1 saturated heterocycles. The fraction of sp³-hybridized carbons (Fsp3) is 0.529. The summed E-state index contributed by atoms with van der Waals surface area (Å²) >= 11 is 0. The van der Waals surface area contributed by atoms with Gasteiger partial charge in [0, 0.05) is 13.1 Å². The van der Waals surface area contributed by atoms with Crippen molar-refractivity contribution in [3.05, 3.63) is 46.8 Å². The summed E-state index contributed by atoms with van der Waals surface area (Å²) in [5.41, 5.74) is 3.89. The molecule has 0 N–H and O–H groups in total. The molecule has 0 spiro atoms. The van der Waals surface area contributed by atoms with Gasteiger partial charge in [0.25, 0.3) is 0 Å². The summed E-state index contributed by atoms with van der Waals surface area (Å²) in [5, 5.41) is 4.93. The molecular formula is C17H24N2O. The first kappa shape index (κ1) is 13.5. The zero-order valence-corrected chi connectivity index (χ0v) is 12.7. The summed E-state index contributed by atoms with van der Waals surface area (Å²) in [7, 11) is 1.79. The molecule has 3 heteroatoms. The van der Waals surface area contributed by atoms with Crippen molar-refractivity contribution in [3.63, 3.8) is 0 Å². The van der Waals surface area contributed by atoms with Crippen LogP contribution in [-0.2, 0) is 4.74 Å². The number of methoxy groups -OCH3 is 1. The Morgan fingerprint density at radius 1 is 1.00 bits per heavy atom. The van der Waals surface area contributed by atoms with Gasteiger partial charge >= 0.3 is 0 Å². The van der Waals surface area contributed by atoms with E-state index < -0.39 is 0 Å². The maximum atomic E-state index is 5.63. The molecule has 108 valence electrons. The second-order valence-corrected chi connectivity index (χ2v) is 5.83. The number of allylic oxidation sites excluding steroid dienone is 1. The SMILES string of the molecule is COC1=C(C)N(N2CCCCC2)C1c1ccc(C)cc1. The van der Waals surface area contributed by atoms with Crippen LogP contribution < -0.4 is 0 Å². The number of hydrogen-bond acceptors (Lipinski definition) is 3. The second kappa shape index (κ2) is 5.49. The second-order valence-electron chi connectivity index (χ2n) is 5.83. The van der Waals surface area contributed by atoms with E-state index in [1.54, 1.807) is 7.11 Å². The highest BCUT2D eigenvalue weighted by molar-refractivity contribution is 5.36. The summed E-state index contributed by atoms with van der Waals surface area (Å²) < 4.78 is 5.63. The lowest BCUT2D eigenvalue weighted by Gasteiger charge is -2.51. The zero-order chi connectivity index (χ0) is 14.1. The molecule has 0 radical (unpaired) electrons. The van der Waals surface area contributed by atoms with Crippen LogP contribution >= 0.6 is 0 Å². The molecule has 0 aliphatic carbocycles. The molecule has 0 aromatic heterocycles. The summed E-state index contributed by atoms with van der Waals surface area (Å²) in [6.45, 7) is 6.62. The van der Waals surface area contributed by atoms with Crippen molar-refractivity contribution in [3.8, 4) is 0 Å². The Morgan fingerprint density at radius 2 is 1.65 bits per heavy atom. The normalized spacial score (nSPS) is 23.8. The maximum absolute atomic E-state index is 5.63. The van der Waals surface area contributed by atoms with E-state index in [9.17, 15) is 0 Å². The summed E-state index contributed by atoms with van der Waals surface area (Å²) in [5.74, 6) is 1.11. The van der Waals surface area contributed by atoms with Gasteiger partial charge in [-0.1, -0.05) is 36.2 Å². The third-order valence-corrected chi connectivity index (χ3v) is 4.44. The van der Waals surface area contributed by atoms with Crippen LogP contribution in [0.25, 0.3) is 0 Å². The number of ether oxygens (including phenoxy) is 1. The van der Waals surface area contributed by atoms with Gasteiger partial charge in [-0.3, -0.25) is 5.01 Å². The highest BCUT2D eigenvalue weighted by Gasteiger charge is 2.41. The van der Waals surface area contributed by atoms with Gasteiger partial charge in [-0.25, -0.2) is 5.01 Å². The van der Waals surface area contributed by atoms with Crippen molar-refractivity contribution >= 4 is 0 Å². The molecule has 3 rings (SSSR count). The first-order chi connectivity index (χ1) is 9.72. The van der Waals surface area contributed by atoms with E-state index in [1.165, 1.54) is 36.1 Å². The van der Waals surface area contributed by atoms with E-state index in [0.29, 0.717) is 0 Å². The molecule has 20 heavy (non-hydrogen) atoms. The molecule has 0 saturated carbocycles. The average Bonchev–Trinajstić information content (AvgIpc) is 2.47. The van der Waals surface area contributed by atoms with Crippen LogP contribution in [0, 0.1) is 6.92 Å². The van der Waals surface area contributed by atoms with Crippen LogP contribution in [0.3, 0.4) is 0 Å². The van der Waals surface area contributed by atoms with Gasteiger partial charge in [-0.2, -0.15) is 0 Å². The summed E-state index contributed by atoms with van der Waals surface area (Å²) in [4.78, 5) is 0. The van der Waals surface area contributed by atoms with Crippen molar-refractivity contribution in [1.29, 1.82) is 0 Å². The number of nitrogens with zero attached hydrogens (tertiary/aromatic N) is 2. The zero-order valence-electron chi connectivity index (χ0n) is 12.7. The Hall–Kier alpha value is -1.48. The molecule has 2 heterocycles. The first-order valence-corrected chi connectivity index (χ1v) is 7.58. The number of rotatable bonds is 3. The van der Waals surface area contributed by atoms with Gasteiger partial charge in [-0.05, 0) is 32.3 Å². The predicted octanol–water partition coefficient (Wildman–Crippen LogP) is 3.63. The molecule has 2 aliphatic rings. The van der Waals surface area contributed by atoms with E-state index in [4.69, 9.17) is 4.74 Å². The lowest BCUT2D eigenvalue weighted by Crippen LogP contribution is -2.52. The quantitative estimate of drug-likeness (QED) is 0.835. The summed E-state index contributed by atoms with van der Waals surface area (Å²) in [6.07, 6.45) is 3.96. The van der Waals surface area contributed by atoms with E-state index in [2.05, 4.69) is 48.1 Å². The van der Waals surface area contributed by atoms with Gasteiger partial charge in [0.2, 0.25) is 0 Å². The number of aryl methyl sites for hydroxylation is 1. The number of hydrazine groups is 1. The molecule has 1 aromatic carbocycles. The molecule has 0 bridgehead atoms. The van der Waals surface area contributed by atoms with Crippen molar-refractivity contribution in [2.75, 3.05) is 20.2 Å². The van der Waals surface area contributed by atoms with Crippen LogP contribution in [0.1, 0.15) is 43.4 Å². The topological polar surface area (TPSA) is 15.7 Å². The molecule has 1 aromatic rings. The third-order valence-electron chi connectivity index (χ3n) is 4.44. The van der Waals surface area contributed by atoms with E-state index >= 15 is 0 Å². The Labute approximate surface area is 121 Å². The monoisotopic (exact) mass is 272 g/mol. The number of benzene rings is 1. The number of piperidine rings is 1. The van der Waals surface area contributed by atoms with Crippen LogP contribution in [0.4, 0.5) is 0 Å². The predicted molar refractivity (Wildman–Crippen MR) is 80.9 cm³/mol. The lowest BCUT2D eigenvalue weighted by atomic mass is 9.95. The van der Waals surface area contributed by atoms with Gasteiger partial charge in [0.1, 0.15) is 11.8 Å². The van der Waals surface area contributed by atoms with E-state index in [-0.39, 0.29) is 6.04 Å². The van der Waals surface area contributed by atoms with E-state index in [0.717, 1.165) is 18.8 Å². The summed E-state index contributed by atoms with van der Waals surface area (Å²) in [6, 6.07) is 9.08. The van der Waals surface area contributed by atoms with Crippen LogP contribution in [0.15, 0.2) is 35.7 Å². The Morgan fingerprint density at radius 3 is 2.25 bits per heavy atom. The van der Waals surface area contributed by atoms with Crippen LogP contribution in [0.5, 0.6) is 0 Å². The smallest absolute Gasteiger partial charge is 0.144 e. The average molecular weight is 272 g/mol. The molecule has 2 aliphatic heterocycles. The fourth-order valence-electron chi connectivity index (χ4n) is 3.32. The Kier molecular flexibility index (Phi) is 3.70. The molecule has 0 amide bonds. The lowest BCUT2D eigenvalue weighted by molar-refractivity contribution is -0.0829. The minimum absolute atomic E-state index is 0.263. The minimum Gasteiger partial charge on any atom is -0.497 e. The van der Waals surface area contributed by atoms with Gasteiger partial charge in [0.15, 0.2) is 0 Å². The molecule has 3 nitrogen and oxygen atoms in total. The van der Waals surface area contributed by atoms with Crippen molar-refractivity contribution in [2.45, 2.75) is 39.2 Å². The molecule has 1 unspecified atom stereocenters.